The summed E-state index contributed by atoms with van der Waals surface area (Å²) in [5.41, 5.74) is 0. The Balaban J connectivity index is 0.000000659. The van der Waals surface area contributed by atoms with Gasteiger partial charge in [-0.2, -0.15) is 5.26 Å². The van der Waals surface area contributed by atoms with Gasteiger partial charge in [0.2, 0.25) is 2.86 Å². The van der Waals surface area contributed by atoms with Crippen molar-refractivity contribution < 1.29 is 88.2 Å². The number of hydrogen-bond acceptors (Lipinski definition) is 19. The molecule has 4 saturated heterocycles. The highest BCUT2D eigenvalue weighted by atomic mass is 31.2. The van der Waals surface area contributed by atoms with E-state index >= 15 is 0 Å². The van der Waals surface area contributed by atoms with Gasteiger partial charge >= 0.3 is 15.2 Å². The topological polar surface area (TPSA) is 233 Å². The van der Waals surface area contributed by atoms with Crippen molar-refractivity contribution in [1.82, 2.24) is 4.67 Å². The summed E-state index contributed by atoms with van der Waals surface area (Å²) < 4.78 is 154. The van der Waals surface area contributed by atoms with Gasteiger partial charge in [-0.25, -0.2) is 4.67 Å². The van der Waals surface area contributed by atoms with Crippen molar-refractivity contribution >= 4 is 23.7 Å². The molecule has 22 heteroatoms. The van der Waals surface area contributed by atoms with Gasteiger partial charge in [0.15, 0.2) is 0 Å². The molecule has 4 rings (SSSR count). The van der Waals surface area contributed by atoms with Crippen LogP contribution in [0.25, 0.3) is 0 Å². The summed E-state index contributed by atoms with van der Waals surface area (Å²) >= 11 is 0. The summed E-state index contributed by atoms with van der Waals surface area (Å²) in [5.74, 6) is 0. The van der Waals surface area contributed by atoms with Crippen LogP contribution < -0.4 is 0 Å². The summed E-state index contributed by atoms with van der Waals surface area (Å²) in [7, 11) is -3.12. The molecule has 3 unspecified atom stereocenters. The molecule has 0 bridgehead atoms. The Morgan fingerprint density at radius 3 is 1.70 bits per heavy atom. The van der Waals surface area contributed by atoms with Gasteiger partial charge in [-0.1, -0.05) is 0 Å². The normalized spacial score (nSPS) is 35.2. The Kier molecular flexibility index (Phi) is 25.0. The molecule has 4 aliphatic rings. The minimum atomic E-state index is -3.68. The molecular formula is C39H79N2O17P3. The summed E-state index contributed by atoms with van der Waals surface area (Å²) in [4.78, 5) is 0. The van der Waals surface area contributed by atoms with Gasteiger partial charge in [-0.15, -0.1) is 0 Å². The van der Waals surface area contributed by atoms with E-state index in [0.717, 1.165) is 0 Å². The number of aliphatic hydroxyl groups excluding tert-OH is 3. The molecule has 61 heavy (non-hydrogen) atoms. The van der Waals surface area contributed by atoms with Crippen LogP contribution >= 0.6 is 23.7 Å². The highest BCUT2D eigenvalue weighted by molar-refractivity contribution is 7.54. The zero-order valence-electron chi connectivity index (χ0n) is 45.1. The molecule has 0 saturated carbocycles. The maximum absolute atomic E-state index is 13.8. The summed E-state index contributed by atoms with van der Waals surface area (Å²) in [6.07, 6.45) is -3.21. The fourth-order valence-electron chi connectivity index (χ4n) is 5.99. The van der Waals surface area contributed by atoms with Crippen LogP contribution in [0.4, 0.5) is 0 Å². The fourth-order valence-corrected chi connectivity index (χ4v) is 11.4. The zero-order valence-corrected chi connectivity index (χ0v) is 39.8. The van der Waals surface area contributed by atoms with E-state index in [2.05, 4.69) is 21.0 Å². The van der Waals surface area contributed by atoms with Crippen LogP contribution in [0.15, 0.2) is 0 Å². The van der Waals surface area contributed by atoms with Crippen molar-refractivity contribution in [3.05, 3.63) is 0 Å². The molecule has 19 nitrogen and oxygen atoms in total. The second kappa shape index (κ2) is 33.2. The molecule has 15 atom stereocenters. The van der Waals surface area contributed by atoms with Gasteiger partial charge in [0, 0.05) is 102 Å². The average molecular weight is 955 g/mol. The van der Waals surface area contributed by atoms with Gasteiger partial charge in [0.1, 0.15) is 12.2 Å². The van der Waals surface area contributed by atoms with E-state index in [9.17, 15) is 14.2 Å². The molecule has 4 fully saturated rings. The van der Waals surface area contributed by atoms with E-state index in [-0.39, 0.29) is 90.1 Å². The third-order valence-corrected chi connectivity index (χ3v) is 15.1. The molecule has 0 aliphatic carbocycles. The highest BCUT2D eigenvalue weighted by Gasteiger charge is 2.40. The first-order chi connectivity index (χ1) is 32.7. The Morgan fingerprint density at radius 1 is 0.803 bits per heavy atom. The van der Waals surface area contributed by atoms with E-state index < -0.39 is 98.9 Å². The molecule has 0 aromatic carbocycles. The number of aliphatic hydroxyl groups is 3. The molecule has 0 radical (unpaired) electrons. The van der Waals surface area contributed by atoms with Crippen molar-refractivity contribution in [2.45, 2.75) is 147 Å². The van der Waals surface area contributed by atoms with Crippen molar-refractivity contribution in [3.8, 4) is 6.07 Å². The lowest BCUT2D eigenvalue weighted by atomic mass is 10.2. The van der Waals surface area contributed by atoms with Crippen molar-refractivity contribution in [1.29, 1.82) is 8.12 Å². The standard InChI is InChI=1S/C23H44N2O8P2.C14H27O7P.2CH4O/c1-18(2)25(19(3)4)34(30-13-7-11-24)32-22-10-15-29-23(22)17-31-35(26,16-8-12-27-6)33-21-9-14-28-20(21)5;1-11-13(5-8-18-11)21-22(16,9-3-6-17-2)20-10-14-12(15)4-7-19-14;2*1-2/h18-23H,7-10,12-17H2,1-6H3;11-15H,3-10H2,1-2H3;2*2H,1H3/t20-,21+,22+,23-,34?,35?;11-,12+,13+,14-,22?;;/m11../s1/i5D,14T,15T;1D,7T,8T;2*2T/t14-,15-,20-,21+,22+,23-,34?,35?;7-,8-,11-,12+,13+,14-,22?;;. The number of hydrogen-bond donors (Lipinski definition) is 3. The highest BCUT2D eigenvalue weighted by Crippen LogP contribution is 2.54. The zero-order chi connectivity index (χ0) is 52.2. The minimum Gasteiger partial charge on any atom is -0.400 e. The molecule has 362 valence electrons. The summed E-state index contributed by atoms with van der Waals surface area (Å²) in [6.45, 7) is 5.33. The number of nitriles is 1. The number of methoxy groups -OCH3 is 2. The van der Waals surface area contributed by atoms with Crippen LogP contribution in [-0.2, 0) is 64.7 Å². The third-order valence-electron chi connectivity index (χ3n) is 8.99. The Labute approximate surface area is 378 Å². The van der Waals surface area contributed by atoms with E-state index in [1.807, 2.05) is 27.7 Å². The van der Waals surface area contributed by atoms with Crippen molar-refractivity contribution in [3.63, 3.8) is 0 Å². The number of nitrogens with zero attached hydrogens (tertiary/aromatic N) is 2. The van der Waals surface area contributed by atoms with Crippen LogP contribution in [0.1, 0.15) is 94.7 Å². The van der Waals surface area contributed by atoms with Gasteiger partial charge in [0.05, 0.1) is 86.7 Å². The molecule has 0 aromatic heterocycles. The lowest BCUT2D eigenvalue weighted by Crippen LogP contribution is -2.36. The van der Waals surface area contributed by atoms with Crippen molar-refractivity contribution in [2.75, 3.05) is 100 Å². The van der Waals surface area contributed by atoms with Gasteiger partial charge in [-0.05, 0) is 60.8 Å². The Morgan fingerprint density at radius 2 is 1.26 bits per heavy atom. The van der Waals surface area contributed by atoms with E-state index in [1.54, 1.807) is 7.11 Å². The molecule has 3 N–H and O–H groups in total. The minimum absolute atomic E-state index is 0.0890. The van der Waals surface area contributed by atoms with Crippen LogP contribution in [0.3, 0.4) is 0 Å². The van der Waals surface area contributed by atoms with E-state index in [0.29, 0.717) is 26.1 Å². The lowest BCUT2D eigenvalue weighted by Gasteiger charge is -2.37. The summed E-state index contributed by atoms with van der Waals surface area (Å²) in [6, 6.07) is 2.30. The quantitative estimate of drug-likeness (QED) is 0.0700. The second-order valence-corrected chi connectivity index (χ2v) is 20.0. The van der Waals surface area contributed by atoms with Crippen molar-refractivity contribution in [2.24, 2.45) is 0 Å². The summed E-state index contributed by atoms with van der Waals surface area (Å²) in [5, 5.41) is 25.8. The first kappa shape index (κ1) is 45.9. The Bertz CT molecular complexity index is 1470. The van der Waals surface area contributed by atoms with Gasteiger partial charge in [0.25, 0.3) is 8.53 Å². The predicted octanol–water partition coefficient (Wildman–Crippen LogP) is 5.67. The average Bonchev–Trinajstić information content (AvgIpc) is 4.02. The molecule has 4 heterocycles. The third kappa shape index (κ3) is 22.2. The maximum atomic E-state index is 13.8. The molecular weight excluding hydrogens is 861 g/mol. The van der Waals surface area contributed by atoms with Gasteiger partial charge < -0.3 is 70.9 Å². The second-order valence-electron chi connectivity index (χ2n) is 14.3. The first-order valence-corrected chi connectivity index (χ1v) is 24.9. The number of ether oxygens (including phenoxy) is 6. The van der Waals surface area contributed by atoms with Crippen LogP contribution in [-0.4, -0.2) is 184 Å². The molecule has 4 aliphatic heterocycles. The molecule has 0 aromatic rings. The van der Waals surface area contributed by atoms with Crippen LogP contribution in [0.5, 0.6) is 0 Å². The fraction of sp³-hybridized carbons (Fsp3) is 0.974. The largest absolute Gasteiger partial charge is 0.400 e. The maximum Gasteiger partial charge on any atom is 0.331 e. The predicted molar refractivity (Wildman–Crippen MR) is 231 cm³/mol. The molecule has 0 spiro atoms. The van der Waals surface area contributed by atoms with E-state index in [1.165, 1.54) is 21.3 Å². The van der Waals surface area contributed by atoms with E-state index in [4.69, 9.17) is 71.9 Å². The van der Waals surface area contributed by atoms with Crippen LogP contribution in [0.2, 0.25) is 0 Å². The number of rotatable bonds is 26. The SMILES string of the molecule is [2H]C[C@H]1O[C@H]([3H])C[C@@H]1OP(=O)(CCCOC)OC[C@H]1O[C@H]([3H])C[C@@H]1O.[2H]C[C@H]1O[C@H]([3H])C[C@@H]1OP(=O)(CCCOC)OC[C@H]1O[C@H]([3H])C[C@@H]1OP(OCCC#N)N(C(C)C)C(C)C.[3H]OC.[3H]OC. The van der Waals surface area contributed by atoms with Crippen LogP contribution in [0, 0.1) is 11.3 Å². The lowest BCUT2D eigenvalue weighted by molar-refractivity contribution is 0.000665. The molecule has 0 amide bonds. The monoisotopic (exact) mass is 955 g/mol. The van der Waals surface area contributed by atoms with Gasteiger partial charge in [-0.3, -0.25) is 9.13 Å². The smallest absolute Gasteiger partial charge is 0.331 e. The Hall–Kier alpha value is -0.260. The first-order valence-electron chi connectivity index (χ1n) is 24.9.